The molecule has 1 saturated carbocycles. The van der Waals surface area contributed by atoms with Crippen LogP contribution in [-0.2, 0) is 4.79 Å². The topological polar surface area (TPSA) is 37.3 Å². The fourth-order valence-corrected chi connectivity index (χ4v) is 0.376. The Labute approximate surface area is 59.8 Å². The summed E-state index contributed by atoms with van der Waals surface area (Å²) in [6.07, 6.45) is -12.7. The number of rotatable bonds is 1. The van der Waals surface area contributed by atoms with Gasteiger partial charge in [-0.1, -0.05) is 12.7 Å². The molecule has 0 spiro atoms. The molecular formula is C6H10O2. The lowest BCUT2D eigenvalue weighted by molar-refractivity contribution is -0.141. The predicted octanol–water partition coefficient (Wildman–Crippen LogP) is 1.26. The second kappa shape index (κ2) is 2.16. The molecule has 1 aliphatic carbocycles. The zero-order valence-electron chi connectivity index (χ0n) is 11.9. The van der Waals surface area contributed by atoms with Crippen molar-refractivity contribution in [1.29, 1.82) is 0 Å². The third kappa shape index (κ3) is 0.997. The Balaban J connectivity index is 3.51. The molecule has 8 heavy (non-hydrogen) atoms. The van der Waals surface area contributed by atoms with Gasteiger partial charge in [-0.3, -0.25) is 4.79 Å². The summed E-state index contributed by atoms with van der Waals surface area (Å²) >= 11 is 0. The van der Waals surface area contributed by atoms with Gasteiger partial charge in [-0.25, -0.2) is 0 Å². The van der Waals surface area contributed by atoms with Crippen LogP contribution in [0.1, 0.15) is 36.5 Å². The molecule has 0 aromatic carbocycles. The van der Waals surface area contributed by atoms with E-state index in [-0.39, 0.29) is 0 Å². The summed E-state index contributed by atoms with van der Waals surface area (Å²) in [6, 6.07) is 0. The highest BCUT2D eigenvalue weighted by Gasteiger charge is 2.20. The van der Waals surface area contributed by atoms with Crippen LogP contribution in [0.3, 0.4) is 0 Å². The first-order valence-electron chi connectivity index (χ1n) is 6.04. The van der Waals surface area contributed by atoms with Crippen LogP contribution >= 0.6 is 0 Å². The second-order valence-electron chi connectivity index (χ2n) is 1.31. The summed E-state index contributed by atoms with van der Waals surface area (Å²) in [4.78, 5) is 10.8. The fourth-order valence-electron chi connectivity index (χ4n) is 0.376. The zero-order chi connectivity index (χ0) is 13.2. The Morgan fingerprint density at radius 3 is 2.38 bits per heavy atom. The van der Waals surface area contributed by atoms with Gasteiger partial charge in [0.1, 0.15) is 0 Å². The van der Waals surface area contributed by atoms with E-state index >= 15 is 0 Å². The highest BCUT2D eigenvalue weighted by Crippen LogP contribution is 2.24. The van der Waals surface area contributed by atoms with Gasteiger partial charge in [-0.15, -0.1) is 0 Å². The molecule has 0 bridgehead atoms. The van der Waals surface area contributed by atoms with Crippen LogP contribution in [0.25, 0.3) is 0 Å². The van der Waals surface area contributed by atoms with E-state index < -0.39 is 37.4 Å². The standard InChI is InChI=1S/C6H10O2/c7-6(8)5-3-1-2-4-5/h5H,1-4H2,(H,7,8)/i1D2,2D2,3D2,4D2. The van der Waals surface area contributed by atoms with Gasteiger partial charge in [-0.05, 0) is 12.7 Å². The van der Waals surface area contributed by atoms with E-state index in [0.717, 1.165) is 0 Å². The first-order chi connectivity index (χ1) is 6.82. The molecule has 0 atom stereocenters. The van der Waals surface area contributed by atoms with Gasteiger partial charge >= 0.3 is 5.97 Å². The molecule has 46 valence electrons. The average molecular weight is 122 g/mol. The lowest BCUT2D eigenvalue weighted by atomic mass is 10.1. The number of aliphatic carboxylic acids is 1. The minimum Gasteiger partial charge on any atom is -0.481 e. The lowest BCUT2D eigenvalue weighted by Gasteiger charge is -1.97. The van der Waals surface area contributed by atoms with Crippen molar-refractivity contribution in [1.82, 2.24) is 0 Å². The van der Waals surface area contributed by atoms with E-state index in [2.05, 4.69) is 0 Å². The van der Waals surface area contributed by atoms with Crippen LogP contribution in [0.15, 0.2) is 0 Å². The summed E-state index contributed by atoms with van der Waals surface area (Å²) in [5.41, 5.74) is 0. The third-order valence-corrected chi connectivity index (χ3v) is 0.742. The maximum atomic E-state index is 10.8. The van der Waals surface area contributed by atoms with Crippen molar-refractivity contribution in [3.63, 3.8) is 0 Å². The van der Waals surface area contributed by atoms with Crippen LogP contribution < -0.4 is 0 Å². The van der Waals surface area contributed by atoms with Gasteiger partial charge in [0.05, 0.1) is 5.92 Å². The largest absolute Gasteiger partial charge is 0.481 e. The summed E-state index contributed by atoms with van der Waals surface area (Å²) < 4.78 is 58.4. The van der Waals surface area contributed by atoms with Crippen molar-refractivity contribution in [2.24, 2.45) is 5.92 Å². The van der Waals surface area contributed by atoms with E-state index in [0.29, 0.717) is 0 Å². The number of carboxylic acid groups (broad SMARTS) is 1. The van der Waals surface area contributed by atoms with Gasteiger partial charge < -0.3 is 5.11 Å². The Morgan fingerprint density at radius 2 is 2.12 bits per heavy atom. The fraction of sp³-hybridized carbons (Fsp3) is 0.833. The molecule has 0 aromatic heterocycles. The number of hydrogen-bond acceptors (Lipinski definition) is 1. The molecule has 0 saturated heterocycles. The quantitative estimate of drug-likeness (QED) is 0.568. The maximum absolute atomic E-state index is 10.8. The van der Waals surface area contributed by atoms with Gasteiger partial charge in [0.15, 0.2) is 0 Å². The first kappa shape index (κ1) is 1.31. The van der Waals surface area contributed by atoms with E-state index in [4.69, 9.17) is 16.1 Å². The number of hydrogen-bond donors (Lipinski definition) is 1. The maximum Gasteiger partial charge on any atom is 0.306 e. The van der Waals surface area contributed by atoms with Gasteiger partial charge in [-0.2, -0.15) is 0 Å². The molecule has 1 rings (SSSR count). The Hall–Kier alpha value is -0.530. The highest BCUT2D eigenvalue weighted by atomic mass is 16.4. The SMILES string of the molecule is [2H]C1([2H])C(C(=O)O)C([2H])([2H])C([2H])([2H])C1([2H])[2H]. The smallest absolute Gasteiger partial charge is 0.306 e. The second-order valence-corrected chi connectivity index (χ2v) is 1.31. The van der Waals surface area contributed by atoms with Crippen molar-refractivity contribution in [2.75, 3.05) is 0 Å². The molecule has 1 N–H and O–H groups in total. The van der Waals surface area contributed by atoms with E-state index in [1.165, 1.54) is 0 Å². The summed E-state index contributed by atoms with van der Waals surface area (Å²) in [5, 5.41) is 8.74. The Kier molecular flexibility index (Phi) is 0.353. The Bertz CT molecular complexity index is 309. The number of carbonyl (C=O) groups is 1. The van der Waals surface area contributed by atoms with Crippen LogP contribution in [0.2, 0.25) is 0 Å². The van der Waals surface area contributed by atoms with Crippen LogP contribution in [-0.4, -0.2) is 11.1 Å². The van der Waals surface area contributed by atoms with Crippen LogP contribution in [0, 0.1) is 5.92 Å². The van der Waals surface area contributed by atoms with E-state index in [1.54, 1.807) is 0 Å². The van der Waals surface area contributed by atoms with Crippen molar-refractivity contribution in [3.8, 4) is 0 Å². The molecular weight excluding hydrogens is 104 g/mol. The highest BCUT2D eigenvalue weighted by molar-refractivity contribution is 5.70. The molecule has 0 aliphatic heterocycles. The van der Waals surface area contributed by atoms with Crippen molar-refractivity contribution in [2.45, 2.75) is 25.5 Å². The average Bonchev–Trinajstić information content (AvgIpc) is 2.05. The van der Waals surface area contributed by atoms with Crippen molar-refractivity contribution < 1.29 is 20.9 Å². The lowest BCUT2D eigenvalue weighted by Crippen LogP contribution is -2.07. The van der Waals surface area contributed by atoms with Crippen molar-refractivity contribution >= 4 is 5.97 Å². The zero-order valence-corrected chi connectivity index (χ0v) is 3.93. The van der Waals surface area contributed by atoms with Crippen LogP contribution in [0.4, 0.5) is 0 Å². The van der Waals surface area contributed by atoms with Crippen molar-refractivity contribution in [3.05, 3.63) is 0 Å². The first-order valence-corrected chi connectivity index (χ1v) is 2.04. The van der Waals surface area contributed by atoms with Gasteiger partial charge in [0.2, 0.25) is 0 Å². The normalized spacial score (nSPS) is 61.5. The van der Waals surface area contributed by atoms with E-state index in [9.17, 15) is 4.79 Å². The Morgan fingerprint density at radius 1 is 1.62 bits per heavy atom. The third-order valence-electron chi connectivity index (χ3n) is 0.742. The molecule has 1 fully saturated rings. The molecule has 0 aromatic rings. The monoisotopic (exact) mass is 122 g/mol. The van der Waals surface area contributed by atoms with Gasteiger partial charge in [0, 0.05) is 11.0 Å². The molecule has 0 amide bonds. The predicted molar refractivity (Wildman–Crippen MR) is 29.6 cm³/mol. The summed E-state index contributed by atoms with van der Waals surface area (Å²) in [5.74, 6) is -4.27. The molecule has 0 unspecified atom stereocenters. The number of carboxylic acids is 1. The van der Waals surface area contributed by atoms with Gasteiger partial charge in [0.25, 0.3) is 0 Å². The molecule has 0 heterocycles. The molecule has 1 aliphatic rings. The summed E-state index contributed by atoms with van der Waals surface area (Å²) in [6.45, 7) is 0. The minimum atomic E-state index is -3.22. The molecule has 2 nitrogen and oxygen atoms in total. The summed E-state index contributed by atoms with van der Waals surface area (Å²) in [7, 11) is 0. The molecule has 2 heteroatoms. The van der Waals surface area contributed by atoms with Crippen LogP contribution in [0.5, 0.6) is 0 Å². The minimum absolute atomic E-state index is 1.89. The molecule has 0 radical (unpaired) electrons. The van der Waals surface area contributed by atoms with E-state index in [1.807, 2.05) is 0 Å².